The fraction of sp³-hybridized carbons (Fsp3) is 0.833. The number of carbonyl (C=O) groups is 2. The summed E-state index contributed by atoms with van der Waals surface area (Å²) >= 11 is 0. The number of rotatable bonds is 7. The highest BCUT2D eigenvalue weighted by atomic mass is 32.2. The van der Waals surface area contributed by atoms with Gasteiger partial charge < -0.3 is 10.1 Å². The minimum Gasteiger partial charge on any atom is -0.469 e. The van der Waals surface area contributed by atoms with Crippen molar-refractivity contribution in [2.75, 3.05) is 38.2 Å². The Labute approximate surface area is 119 Å². The molecule has 1 rings (SSSR count). The van der Waals surface area contributed by atoms with Crippen LogP contribution in [-0.4, -0.2) is 69.5 Å². The number of carbonyl (C=O) groups excluding carboxylic acids is 2. The number of methoxy groups -OCH3 is 1. The maximum atomic E-state index is 11.8. The van der Waals surface area contributed by atoms with Crippen molar-refractivity contribution in [3.63, 3.8) is 0 Å². The van der Waals surface area contributed by atoms with E-state index in [9.17, 15) is 18.0 Å². The van der Waals surface area contributed by atoms with Gasteiger partial charge >= 0.3 is 5.97 Å². The molecule has 1 aliphatic rings. The van der Waals surface area contributed by atoms with Gasteiger partial charge in [0.25, 0.3) is 0 Å². The highest BCUT2D eigenvalue weighted by molar-refractivity contribution is 7.91. The van der Waals surface area contributed by atoms with Crippen molar-refractivity contribution in [3.05, 3.63) is 0 Å². The molecule has 0 aromatic heterocycles. The van der Waals surface area contributed by atoms with E-state index in [4.69, 9.17) is 0 Å². The third-order valence-corrected chi connectivity index (χ3v) is 5.04. The fourth-order valence-electron chi connectivity index (χ4n) is 2.09. The Kier molecular flexibility index (Phi) is 6.41. The minimum absolute atomic E-state index is 0.0209. The fourth-order valence-corrected chi connectivity index (χ4v) is 3.76. The van der Waals surface area contributed by atoms with E-state index >= 15 is 0 Å². The van der Waals surface area contributed by atoms with Gasteiger partial charge in [-0.05, 0) is 13.0 Å². The van der Waals surface area contributed by atoms with Crippen molar-refractivity contribution in [2.24, 2.45) is 0 Å². The molecule has 0 aromatic carbocycles. The molecular weight excluding hydrogens is 284 g/mol. The molecule has 1 unspecified atom stereocenters. The van der Waals surface area contributed by atoms with Crippen LogP contribution in [0.2, 0.25) is 0 Å². The van der Waals surface area contributed by atoms with E-state index in [0.717, 1.165) is 0 Å². The number of likely N-dealkylation sites (N-methyl/N-ethyl adjacent to an activating group) is 1. The van der Waals surface area contributed by atoms with Crippen molar-refractivity contribution in [3.8, 4) is 0 Å². The Morgan fingerprint density at radius 3 is 2.60 bits per heavy atom. The first-order valence-corrected chi connectivity index (χ1v) is 8.47. The van der Waals surface area contributed by atoms with E-state index in [-0.39, 0.29) is 42.4 Å². The molecule has 1 aliphatic heterocycles. The first-order valence-electron chi connectivity index (χ1n) is 6.65. The van der Waals surface area contributed by atoms with Gasteiger partial charge in [-0.2, -0.15) is 0 Å². The van der Waals surface area contributed by atoms with E-state index in [1.165, 1.54) is 7.11 Å². The van der Waals surface area contributed by atoms with Gasteiger partial charge in [-0.15, -0.1) is 0 Å². The second kappa shape index (κ2) is 7.58. The maximum absolute atomic E-state index is 11.8. The number of ether oxygens (including phenoxy) is 1. The van der Waals surface area contributed by atoms with Crippen LogP contribution in [0, 0.1) is 0 Å². The van der Waals surface area contributed by atoms with Crippen molar-refractivity contribution in [1.29, 1.82) is 0 Å². The Balaban J connectivity index is 2.34. The first-order chi connectivity index (χ1) is 9.36. The zero-order valence-corrected chi connectivity index (χ0v) is 12.7. The minimum atomic E-state index is -2.99. The largest absolute Gasteiger partial charge is 0.469 e. The van der Waals surface area contributed by atoms with Crippen molar-refractivity contribution in [1.82, 2.24) is 10.2 Å². The van der Waals surface area contributed by atoms with E-state index in [0.29, 0.717) is 19.5 Å². The summed E-state index contributed by atoms with van der Waals surface area (Å²) in [6.45, 7) is 3.13. The molecule has 0 bridgehead atoms. The van der Waals surface area contributed by atoms with E-state index in [2.05, 4.69) is 10.1 Å². The molecule has 1 atom stereocenters. The SMILES string of the molecule is CCN(CCC(=O)OC)CC(=O)NC1CCS(=O)(=O)C1. The van der Waals surface area contributed by atoms with Crippen LogP contribution < -0.4 is 5.32 Å². The summed E-state index contributed by atoms with van der Waals surface area (Å²) in [5.41, 5.74) is 0. The number of nitrogens with zero attached hydrogens (tertiary/aromatic N) is 1. The topological polar surface area (TPSA) is 92.8 Å². The molecule has 0 saturated carbocycles. The number of hydrogen-bond donors (Lipinski definition) is 1. The smallest absolute Gasteiger partial charge is 0.306 e. The van der Waals surface area contributed by atoms with Crippen LogP contribution in [0.3, 0.4) is 0 Å². The van der Waals surface area contributed by atoms with E-state index in [1.807, 2.05) is 11.8 Å². The molecule has 0 aliphatic carbocycles. The second-order valence-corrected chi connectivity index (χ2v) is 7.09. The maximum Gasteiger partial charge on any atom is 0.306 e. The molecule has 7 nitrogen and oxygen atoms in total. The Morgan fingerprint density at radius 1 is 1.40 bits per heavy atom. The van der Waals surface area contributed by atoms with Crippen LogP contribution in [0.1, 0.15) is 19.8 Å². The van der Waals surface area contributed by atoms with Gasteiger partial charge in [-0.25, -0.2) is 8.42 Å². The second-order valence-electron chi connectivity index (χ2n) is 4.86. The lowest BCUT2D eigenvalue weighted by Crippen LogP contribution is -2.43. The Hall–Kier alpha value is -1.15. The molecular formula is C12H22N2O5S. The van der Waals surface area contributed by atoms with Gasteiger partial charge in [0.15, 0.2) is 9.84 Å². The molecule has 116 valence electrons. The van der Waals surface area contributed by atoms with Gasteiger partial charge in [0.05, 0.1) is 31.6 Å². The predicted octanol–water partition coefficient (Wildman–Crippen LogP) is -0.825. The lowest BCUT2D eigenvalue weighted by molar-refractivity contribution is -0.141. The lowest BCUT2D eigenvalue weighted by Gasteiger charge is -2.20. The summed E-state index contributed by atoms with van der Waals surface area (Å²) in [5.74, 6) is -0.366. The standard InChI is InChI=1S/C12H22N2O5S/c1-3-14(6-4-12(16)19-2)8-11(15)13-10-5-7-20(17,18)9-10/h10H,3-9H2,1-2H3,(H,13,15). The first kappa shape index (κ1) is 16.9. The monoisotopic (exact) mass is 306 g/mol. The predicted molar refractivity (Wildman–Crippen MR) is 73.9 cm³/mol. The Morgan fingerprint density at radius 2 is 2.10 bits per heavy atom. The molecule has 1 saturated heterocycles. The molecule has 0 spiro atoms. The molecule has 0 radical (unpaired) electrons. The van der Waals surface area contributed by atoms with Crippen LogP contribution in [0.15, 0.2) is 0 Å². The van der Waals surface area contributed by atoms with E-state index < -0.39 is 9.84 Å². The Bertz CT molecular complexity index is 449. The van der Waals surface area contributed by atoms with Gasteiger partial charge in [0.2, 0.25) is 5.91 Å². The molecule has 1 fully saturated rings. The number of amides is 1. The van der Waals surface area contributed by atoms with Gasteiger partial charge in [0.1, 0.15) is 0 Å². The average Bonchev–Trinajstić information content (AvgIpc) is 2.72. The summed E-state index contributed by atoms with van der Waals surface area (Å²) < 4.78 is 27.1. The van der Waals surface area contributed by atoms with Crippen molar-refractivity contribution in [2.45, 2.75) is 25.8 Å². The molecule has 20 heavy (non-hydrogen) atoms. The summed E-state index contributed by atoms with van der Waals surface area (Å²) in [5, 5.41) is 2.72. The summed E-state index contributed by atoms with van der Waals surface area (Å²) in [6.07, 6.45) is 0.706. The van der Waals surface area contributed by atoms with Crippen LogP contribution >= 0.6 is 0 Å². The highest BCUT2D eigenvalue weighted by Gasteiger charge is 2.29. The average molecular weight is 306 g/mol. The van der Waals surface area contributed by atoms with E-state index in [1.54, 1.807) is 0 Å². The molecule has 1 amide bonds. The number of esters is 1. The van der Waals surface area contributed by atoms with Crippen molar-refractivity contribution >= 4 is 21.7 Å². The zero-order chi connectivity index (χ0) is 15.2. The van der Waals surface area contributed by atoms with Crippen LogP contribution in [-0.2, 0) is 24.2 Å². The van der Waals surface area contributed by atoms with Crippen LogP contribution in [0.5, 0.6) is 0 Å². The third-order valence-electron chi connectivity index (χ3n) is 3.27. The summed E-state index contributed by atoms with van der Waals surface area (Å²) in [4.78, 5) is 24.7. The third kappa shape index (κ3) is 5.87. The van der Waals surface area contributed by atoms with Gasteiger partial charge in [-0.1, -0.05) is 6.92 Å². The van der Waals surface area contributed by atoms with Gasteiger partial charge in [0, 0.05) is 12.6 Å². The van der Waals surface area contributed by atoms with Crippen LogP contribution in [0.4, 0.5) is 0 Å². The molecule has 1 N–H and O–H groups in total. The van der Waals surface area contributed by atoms with Gasteiger partial charge in [-0.3, -0.25) is 14.5 Å². The quantitative estimate of drug-likeness (QED) is 0.618. The van der Waals surface area contributed by atoms with Crippen LogP contribution in [0.25, 0.3) is 0 Å². The summed E-state index contributed by atoms with van der Waals surface area (Å²) in [7, 11) is -1.66. The zero-order valence-electron chi connectivity index (χ0n) is 11.9. The molecule has 8 heteroatoms. The normalized spacial score (nSPS) is 20.9. The number of nitrogens with one attached hydrogen (secondary N) is 1. The molecule has 1 heterocycles. The number of hydrogen-bond acceptors (Lipinski definition) is 6. The highest BCUT2D eigenvalue weighted by Crippen LogP contribution is 2.11. The summed E-state index contributed by atoms with van der Waals surface area (Å²) in [6, 6.07) is -0.285. The molecule has 0 aromatic rings. The van der Waals surface area contributed by atoms with Crippen molar-refractivity contribution < 1.29 is 22.7 Å². The lowest BCUT2D eigenvalue weighted by atomic mass is 10.2. The number of sulfone groups is 1.